The number of ether oxygens (including phenoxy) is 2. The predicted molar refractivity (Wildman–Crippen MR) is 138 cm³/mol. The molecule has 1 amide bonds. The number of carbonyl (C=O) groups is 1. The summed E-state index contributed by atoms with van der Waals surface area (Å²) in [7, 11) is 1.57. The fourth-order valence-corrected chi connectivity index (χ4v) is 5.70. The summed E-state index contributed by atoms with van der Waals surface area (Å²) in [6.07, 6.45) is 12.1. The molecule has 1 N–H and O–H groups in total. The lowest BCUT2D eigenvalue weighted by atomic mass is 9.93. The van der Waals surface area contributed by atoms with Crippen LogP contribution < -0.4 is 5.32 Å². The van der Waals surface area contributed by atoms with Crippen molar-refractivity contribution in [1.29, 1.82) is 0 Å². The van der Waals surface area contributed by atoms with Crippen LogP contribution in [0, 0.1) is 5.92 Å². The van der Waals surface area contributed by atoms with Gasteiger partial charge in [0.2, 0.25) is 5.91 Å². The van der Waals surface area contributed by atoms with E-state index in [2.05, 4.69) is 26.3 Å². The SMILES string of the molecule is C1CC1.COCC(=O)N1CCC2CCNCC21.Clc1cc(Br)c2cnn(C3CCCCO3)c2c1. The second kappa shape index (κ2) is 12.7. The van der Waals surface area contributed by atoms with Crippen molar-refractivity contribution >= 4 is 44.3 Å². The van der Waals surface area contributed by atoms with Gasteiger partial charge in [0.1, 0.15) is 6.61 Å². The highest BCUT2D eigenvalue weighted by atomic mass is 79.9. The second-order valence-electron chi connectivity index (χ2n) is 9.42. The van der Waals surface area contributed by atoms with E-state index >= 15 is 0 Å². The van der Waals surface area contributed by atoms with Crippen molar-refractivity contribution in [2.75, 3.05) is 40.0 Å². The zero-order chi connectivity index (χ0) is 23.9. The fraction of sp³-hybridized carbons (Fsp3) is 0.680. The van der Waals surface area contributed by atoms with Gasteiger partial charge in [-0.05, 0) is 72.6 Å². The van der Waals surface area contributed by atoms with E-state index in [9.17, 15) is 4.79 Å². The molecule has 0 radical (unpaired) electrons. The Morgan fingerprint density at radius 3 is 2.76 bits per heavy atom. The first-order valence-corrected chi connectivity index (χ1v) is 13.7. The minimum Gasteiger partial charge on any atom is -0.375 e. The first-order valence-electron chi connectivity index (χ1n) is 12.5. The van der Waals surface area contributed by atoms with Crippen LogP contribution in [0.2, 0.25) is 5.02 Å². The number of carbonyl (C=O) groups excluding carboxylic acids is 1. The average Bonchev–Trinajstić information content (AvgIpc) is 3.57. The maximum Gasteiger partial charge on any atom is 0.248 e. The Morgan fingerprint density at radius 2 is 2.06 bits per heavy atom. The molecule has 3 saturated heterocycles. The number of benzene rings is 1. The number of amides is 1. The molecule has 34 heavy (non-hydrogen) atoms. The molecule has 0 bridgehead atoms. The highest BCUT2D eigenvalue weighted by Gasteiger charge is 2.37. The molecule has 3 unspecified atom stereocenters. The van der Waals surface area contributed by atoms with Crippen molar-refractivity contribution in [3.05, 3.63) is 27.8 Å². The molecule has 1 aliphatic carbocycles. The molecule has 9 heteroatoms. The number of fused-ring (bicyclic) bond motifs is 2. The maximum atomic E-state index is 11.7. The average molecular weight is 556 g/mol. The Bertz CT molecular complexity index is 945. The van der Waals surface area contributed by atoms with E-state index in [1.807, 2.05) is 27.9 Å². The topological polar surface area (TPSA) is 68.6 Å². The van der Waals surface area contributed by atoms with Gasteiger partial charge in [0.05, 0.1) is 11.7 Å². The van der Waals surface area contributed by atoms with Crippen molar-refractivity contribution in [3.63, 3.8) is 0 Å². The van der Waals surface area contributed by atoms with Gasteiger partial charge < -0.3 is 19.7 Å². The number of hydrogen-bond acceptors (Lipinski definition) is 5. The number of methoxy groups -OCH3 is 1. The first-order chi connectivity index (χ1) is 16.6. The third-order valence-electron chi connectivity index (χ3n) is 6.73. The molecular formula is C25H36BrClN4O3. The van der Waals surface area contributed by atoms with E-state index in [0.29, 0.717) is 11.1 Å². The molecule has 6 rings (SSSR count). The molecule has 4 heterocycles. The van der Waals surface area contributed by atoms with Crippen LogP contribution >= 0.6 is 27.5 Å². The third kappa shape index (κ3) is 6.72. The summed E-state index contributed by atoms with van der Waals surface area (Å²) in [5.41, 5.74) is 1.02. The van der Waals surface area contributed by atoms with Crippen LogP contribution in [0.1, 0.15) is 57.6 Å². The predicted octanol–water partition coefficient (Wildman–Crippen LogP) is 5.16. The summed E-state index contributed by atoms with van der Waals surface area (Å²) in [5.74, 6) is 0.862. The smallest absolute Gasteiger partial charge is 0.248 e. The van der Waals surface area contributed by atoms with Crippen LogP contribution in [0.5, 0.6) is 0 Å². The van der Waals surface area contributed by atoms with Gasteiger partial charge in [-0.2, -0.15) is 5.10 Å². The molecule has 1 saturated carbocycles. The highest BCUT2D eigenvalue weighted by molar-refractivity contribution is 9.10. The number of aromatic nitrogens is 2. The van der Waals surface area contributed by atoms with E-state index in [-0.39, 0.29) is 18.7 Å². The normalized spacial score (nSPS) is 25.6. The summed E-state index contributed by atoms with van der Waals surface area (Å²) in [6, 6.07) is 4.25. The van der Waals surface area contributed by atoms with E-state index < -0.39 is 0 Å². The Labute approximate surface area is 215 Å². The standard InChI is InChI=1S/C12H12BrClN2O.C10H18N2O2.C3H6/c13-10-5-8(14)6-11-9(10)7-15-16(11)12-3-1-2-4-17-12;1-14-7-10(13)12-5-3-8-2-4-11-6-9(8)12;1-2-3-1/h5-7,12H,1-4H2;8-9,11H,2-7H2,1H3;1-3H2. The lowest BCUT2D eigenvalue weighted by molar-refractivity contribution is -0.136. The van der Waals surface area contributed by atoms with Gasteiger partial charge in [0.25, 0.3) is 0 Å². The maximum absolute atomic E-state index is 11.7. The third-order valence-corrected chi connectivity index (χ3v) is 7.61. The van der Waals surface area contributed by atoms with Crippen molar-refractivity contribution in [2.45, 2.75) is 63.6 Å². The van der Waals surface area contributed by atoms with Gasteiger partial charge in [-0.1, -0.05) is 30.9 Å². The summed E-state index contributed by atoms with van der Waals surface area (Å²) in [5, 5.41) is 9.56. The molecule has 188 valence electrons. The largest absolute Gasteiger partial charge is 0.375 e. The lowest BCUT2D eigenvalue weighted by Crippen LogP contribution is -2.48. The molecule has 4 aliphatic rings. The van der Waals surface area contributed by atoms with E-state index in [0.717, 1.165) is 60.4 Å². The minimum absolute atomic E-state index is 0.0478. The van der Waals surface area contributed by atoms with Gasteiger partial charge in [-0.25, -0.2) is 4.68 Å². The van der Waals surface area contributed by atoms with Gasteiger partial charge in [0, 0.05) is 47.7 Å². The molecule has 2 aromatic rings. The van der Waals surface area contributed by atoms with Crippen LogP contribution in [-0.2, 0) is 14.3 Å². The molecule has 3 aliphatic heterocycles. The van der Waals surface area contributed by atoms with Gasteiger partial charge >= 0.3 is 0 Å². The van der Waals surface area contributed by atoms with Crippen molar-refractivity contribution in [2.24, 2.45) is 5.92 Å². The van der Waals surface area contributed by atoms with Crippen LogP contribution in [0.15, 0.2) is 22.8 Å². The Kier molecular flexibility index (Phi) is 9.65. The van der Waals surface area contributed by atoms with Gasteiger partial charge in [-0.3, -0.25) is 4.79 Å². The Morgan fingerprint density at radius 1 is 1.24 bits per heavy atom. The van der Waals surface area contributed by atoms with Gasteiger partial charge in [0.15, 0.2) is 6.23 Å². The Hall–Kier alpha value is -1.19. The van der Waals surface area contributed by atoms with Crippen LogP contribution in [0.25, 0.3) is 10.9 Å². The number of likely N-dealkylation sites (tertiary alicyclic amines) is 1. The quantitative estimate of drug-likeness (QED) is 0.566. The number of hydrogen-bond donors (Lipinski definition) is 1. The van der Waals surface area contributed by atoms with Crippen molar-refractivity contribution < 1.29 is 14.3 Å². The van der Waals surface area contributed by atoms with Crippen LogP contribution in [0.3, 0.4) is 0 Å². The molecule has 7 nitrogen and oxygen atoms in total. The summed E-state index contributed by atoms with van der Waals surface area (Å²) >= 11 is 9.59. The Balaban J connectivity index is 0.000000145. The summed E-state index contributed by atoms with van der Waals surface area (Å²) in [4.78, 5) is 13.7. The number of nitrogens with zero attached hydrogens (tertiary/aromatic N) is 3. The number of nitrogens with one attached hydrogen (secondary N) is 1. The highest BCUT2D eigenvalue weighted by Crippen LogP contribution is 2.32. The lowest BCUT2D eigenvalue weighted by Gasteiger charge is -2.32. The monoisotopic (exact) mass is 554 g/mol. The van der Waals surface area contributed by atoms with Gasteiger partial charge in [-0.15, -0.1) is 0 Å². The molecule has 3 atom stereocenters. The molecule has 1 aromatic carbocycles. The molecule has 0 spiro atoms. The van der Waals surface area contributed by atoms with Crippen LogP contribution in [0.4, 0.5) is 0 Å². The minimum atomic E-state index is 0.0478. The van der Waals surface area contributed by atoms with E-state index in [1.54, 1.807) is 7.11 Å². The van der Waals surface area contributed by atoms with Crippen LogP contribution in [-0.4, -0.2) is 66.6 Å². The van der Waals surface area contributed by atoms with Crippen molar-refractivity contribution in [1.82, 2.24) is 20.0 Å². The zero-order valence-electron chi connectivity index (χ0n) is 20.0. The van der Waals surface area contributed by atoms with E-state index in [4.69, 9.17) is 21.1 Å². The molecule has 4 fully saturated rings. The zero-order valence-corrected chi connectivity index (χ0v) is 22.3. The van der Waals surface area contributed by atoms with Crippen molar-refractivity contribution in [3.8, 4) is 0 Å². The number of halogens is 2. The number of rotatable bonds is 3. The summed E-state index contributed by atoms with van der Waals surface area (Å²) in [6.45, 7) is 4.02. The first kappa shape index (κ1) is 25.9. The summed E-state index contributed by atoms with van der Waals surface area (Å²) < 4.78 is 13.5. The molecule has 1 aromatic heterocycles. The van der Waals surface area contributed by atoms with E-state index in [1.165, 1.54) is 38.5 Å². The molecular weight excluding hydrogens is 520 g/mol. The number of piperidine rings is 1. The second-order valence-corrected chi connectivity index (χ2v) is 10.7. The fourth-order valence-electron chi connectivity index (χ4n) is 4.80.